The number of nitrogens with one attached hydrogen (secondary N) is 2. The Morgan fingerprint density at radius 2 is 2.19 bits per heavy atom. The third-order valence-corrected chi connectivity index (χ3v) is 5.91. The van der Waals surface area contributed by atoms with Crippen molar-refractivity contribution in [2.75, 3.05) is 45.7 Å². The van der Waals surface area contributed by atoms with Crippen LogP contribution in [0.25, 0.3) is 0 Å². The van der Waals surface area contributed by atoms with E-state index in [1.54, 1.807) is 7.11 Å². The van der Waals surface area contributed by atoms with Gasteiger partial charge in [-0.15, -0.1) is 0 Å². The minimum absolute atomic E-state index is 0.219. The first kappa shape index (κ1) is 21.5. The van der Waals surface area contributed by atoms with Gasteiger partial charge in [-0.2, -0.15) is 0 Å². The number of fused-ring (bicyclic) bond motifs is 6. The third kappa shape index (κ3) is 5.93. The first-order valence-corrected chi connectivity index (χ1v) is 11.2. The van der Waals surface area contributed by atoms with Crippen molar-refractivity contribution in [2.45, 2.75) is 31.6 Å². The normalized spacial score (nSPS) is 24.1. The standard InChI is InChI=1S/C25H33N5O/c1-30-14-6-5-12-26-17-21-16-20(9-10-24(21)31-2)23-11-13-27-25(29-23)28-22-8-4-3-7-19(15-22)18-30/h5-6,8-11,13,15,20,26H,3-4,7,12,14,16-18H2,1-2H3,(H,27,28,29)/b6-5+. The molecule has 2 aliphatic carbocycles. The molecular formula is C25H33N5O. The molecule has 1 aromatic heterocycles. The van der Waals surface area contributed by atoms with Gasteiger partial charge in [0.05, 0.1) is 12.8 Å². The minimum Gasteiger partial charge on any atom is -0.497 e. The topological polar surface area (TPSA) is 62.3 Å². The van der Waals surface area contributed by atoms with Crippen molar-refractivity contribution in [2.24, 2.45) is 0 Å². The molecular weight excluding hydrogens is 386 g/mol. The van der Waals surface area contributed by atoms with E-state index in [1.165, 1.54) is 17.6 Å². The number of aromatic nitrogens is 2. The Hall–Kier alpha value is -2.70. The average Bonchev–Trinajstić information content (AvgIpc) is 3.00. The van der Waals surface area contributed by atoms with Crippen LogP contribution in [-0.2, 0) is 4.74 Å². The maximum Gasteiger partial charge on any atom is 0.227 e. The molecule has 0 saturated carbocycles. The quantitative estimate of drug-likeness (QED) is 0.673. The fourth-order valence-electron chi connectivity index (χ4n) is 4.30. The second kappa shape index (κ2) is 10.6. The van der Waals surface area contributed by atoms with Crippen molar-refractivity contribution in [1.82, 2.24) is 20.2 Å². The van der Waals surface area contributed by atoms with Crippen molar-refractivity contribution >= 4 is 5.95 Å². The van der Waals surface area contributed by atoms with Crippen LogP contribution in [0, 0.1) is 0 Å². The zero-order valence-electron chi connectivity index (χ0n) is 18.6. The molecule has 0 radical (unpaired) electrons. The fraction of sp³-hybridized carbons (Fsp3) is 0.440. The summed E-state index contributed by atoms with van der Waals surface area (Å²) >= 11 is 0. The van der Waals surface area contributed by atoms with Crippen molar-refractivity contribution in [3.8, 4) is 0 Å². The second-order valence-corrected chi connectivity index (χ2v) is 8.43. The SMILES string of the molecule is COC1=C2CNC/C=C/CN(C)CC3=CC(=CCCC3)Nc3nccc(n3)C(C=C1)C2. The van der Waals surface area contributed by atoms with Crippen molar-refractivity contribution in [3.63, 3.8) is 0 Å². The van der Waals surface area contributed by atoms with Gasteiger partial charge in [-0.25, -0.2) is 9.97 Å². The van der Waals surface area contributed by atoms with E-state index in [0.29, 0.717) is 5.95 Å². The number of ether oxygens (including phenoxy) is 1. The van der Waals surface area contributed by atoms with Crippen LogP contribution in [0.3, 0.4) is 0 Å². The summed E-state index contributed by atoms with van der Waals surface area (Å²) in [7, 11) is 3.92. The van der Waals surface area contributed by atoms with Crippen molar-refractivity contribution in [1.29, 1.82) is 0 Å². The van der Waals surface area contributed by atoms with Gasteiger partial charge in [0.2, 0.25) is 5.95 Å². The van der Waals surface area contributed by atoms with Gasteiger partial charge in [0, 0.05) is 44.0 Å². The Balaban J connectivity index is 1.62. The predicted octanol–water partition coefficient (Wildman–Crippen LogP) is 3.92. The molecule has 2 N–H and O–H groups in total. The molecule has 0 saturated heterocycles. The monoisotopic (exact) mass is 419 g/mol. The Bertz CT molecular complexity index is 928. The second-order valence-electron chi connectivity index (χ2n) is 8.43. The summed E-state index contributed by atoms with van der Waals surface area (Å²) in [4.78, 5) is 11.7. The number of methoxy groups -OCH3 is 1. The molecule has 31 heavy (non-hydrogen) atoms. The Morgan fingerprint density at radius 1 is 1.26 bits per heavy atom. The predicted molar refractivity (Wildman–Crippen MR) is 126 cm³/mol. The summed E-state index contributed by atoms with van der Waals surface area (Å²) in [6, 6.07) is 2.02. The molecule has 0 fully saturated rings. The zero-order valence-corrected chi connectivity index (χ0v) is 18.6. The zero-order chi connectivity index (χ0) is 21.5. The van der Waals surface area contributed by atoms with E-state index >= 15 is 0 Å². The van der Waals surface area contributed by atoms with Gasteiger partial charge >= 0.3 is 0 Å². The summed E-state index contributed by atoms with van der Waals surface area (Å²) in [6.07, 6.45) is 19.4. The van der Waals surface area contributed by atoms with Gasteiger partial charge in [-0.1, -0.05) is 29.9 Å². The van der Waals surface area contributed by atoms with E-state index in [9.17, 15) is 0 Å². The molecule has 6 heteroatoms. The van der Waals surface area contributed by atoms with Crippen LogP contribution in [-0.4, -0.2) is 55.2 Å². The maximum absolute atomic E-state index is 5.61. The molecule has 0 spiro atoms. The fourth-order valence-corrected chi connectivity index (χ4v) is 4.30. The van der Waals surface area contributed by atoms with Gasteiger partial charge < -0.3 is 15.4 Å². The molecule has 1 aliphatic heterocycles. The number of anilines is 1. The average molecular weight is 420 g/mol. The van der Waals surface area contributed by atoms with Gasteiger partial charge in [-0.05, 0) is 56.5 Å². The molecule has 6 bridgehead atoms. The molecule has 164 valence electrons. The van der Waals surface area contributed by atoms with Crippen molar-refractivity contribution in [3.05, 3.63) is 77.0 Å². The van der Waals surface area contributed by atoms with Crippen LogP contribution in [0.4, 0.5) is 5.95 Å². The molecule has 0 aromatic carbocycles. The largest absolute Gasteiger partial charge is 0.497 e. The van der Waals surface area contributed by atoms with E-state index in [2.05, 4.69) is 64.0 Å². The molecule has 4 rings (SSSR count). The Kier molecular flexibility index (Phi) is 7.33. The maximum atomic E-state index is 5.61. The number of nitrogens with zero attached hydrogens (tertiary/aromatic N) is 3. The number of rotatable bonds is 1. The van der Waals surface area contributed by atoms with Crippen LogP contribution in [0.2, 0.25) is 0 Å². The van der Waals surface area contributed by atoms with Crippen LogP contribution < -0.4 is 10.6 Å². The first-order valence-electron chi connectivity index (χ1n) is 11.2. The van der Waals surface area contributed by atoms with E-state index < -0.39 is 0 Å². The van der Waals surface area contributed by atoms with Gasteiger partial charge in [-0.3, -0.25) is 4.90 Å². The highest BCUT2D eigenvalue weighted by molar-refractivity contribution is 5.43. The lowest BCUT2D eigenvalue weighted by Crippen LogP contribution is -2.23. The van der Waals surface area contributed by atoms with E-state index in [-0.39, 0.29) is 5.92 Å². The number of hydrogen-bond donors (Lipinski definition) is 2. The summed E-state index contributed by atoms with van der Waals surface area (Å²) in [6.45, 7) is 3.56. The number of likely N-dealkylation sites (N-methyl/N-ethyl adjacent to an activating group) is 1. The van der Waals surface area contributed by atoms with Crippen LogP contribution in [0.15, 0.2) is 71.3 Å². The lowest BCUT2D eigenvalue weighted by Gasteiger charge is -2.22. The smallest absolute Gasteiger partial charge is 0.227 e. The Labute approximate surface area is 185 Å². The van der Waals surface area contributed by atoms with E-state index in [4.69, 9.17) is 9.72 Å². The molecule has 1 unspecified atom stereocenters. The highest BCUT2D eigenvalue weighted by atomic mass is 16.5. The van der Waals surface area contributed by atoms with Crippen molar-refractivity contribution < 1.29 is 4.74 Å². The van der Waals surface area contributed by atoms with Gasteiger partial charge in [0.1, 0.15) is 5.76 Å². The molecule has 1 aromatic rings. The lowest BCUT2D eigenvalue weighted by molar-refractivity contribution is 0.296. The number of hydrogen-bond acceptors (Lipinski definition) is 6. The Morgan fingerprint density at radius 3 is 3.10 bits per heavy atom. The molecule has 2 heterocycles. The molecule has 1 atom stereocenters. The summed E-state index contributed by atoms with van der Waals surface area (Å²) in [5.41, 5.74) is 4.84. The van der Waals surface area contributed by atoms with Crippen LogP contribution in [0.5, 0.6) is 0 Å². The highest BCUT2D eigenvalue weighted by Gasteiger charge is 2.20. The summed E-state index contributed by atoms with van der Waals surface area (Å²) < 4.78 is 5.61. The lowest BCUT2D eigenvalue weighted by atomic mass is 9.90. The van der Waals surface area contributed by atoms with Gasteiger partial charge in [0.25, 0.3) is 0 Å². The number of allylic oxidation sites excluding steroid dienone is 4. The third-order valence-electron chi connectivity index (χ3n) is 5.91. The summed E-state index contributed by atoms with van der Waals surface area (Å²) in [5, 5.41) is 6.99. The minimum atomic E-state index is 0.219. The van der Waals surface area contributed by atoms with E-state index in [1.807, 2.05) is 12.3 Å². The highest BCUT2D eigenvalue weighted by Crippen LogP contribution is 2.31. The summed E-state index contributed by atoms with van der Waals surface area (Å²) in [5.74, 6) is 1.83. The molecule has 0 amide bonds. The van der Waals surface area contributed by atoms with Gasteiger partial charge in [0.15, 0.2) is 0 Å². The molecule has 6 nitrogen and oxygen atoms in total. The first-order chi connectivity index (χ1) is 15.2. The van der Waals surface area contributed by atoms with Crippen LogP contribution in [0.1, 0.15) is 37.3 Å². The van der Waals surface area contributed by atoms with E-state index in [0.717, 1.165) is 62.6 Å². The molecule has 3 aliphatic rings. The van der Waals surface area contributed by atoms with Crippen LogP contribution >= 0.6 is 0 Å².